The molecule has 0 saturated heterocycles. The maximum Gasteiger partial charge on any atom is 0.390 e. The predicted octanol–water partition coefficient (Wildman–Crippen LogP) is 2.96. The van der Waals surface area contributed by atoms with E-state index in [1.54, 1.807) is 26.4 Å². The lowest BCUT2D eigenvalue weighted by molar-refractivity contribution is 0.400. The lowest BCUT2D eigenvalue weighted by Gasteiger charge is -2.10. The minimum absolute atomic E-state index is 0.308. The highest BCUT2D eigenvalue weighted by Gasteiger charge is 2.41. The molecule has 1 rings (SSSR count). The molecule has 88 valence electrons. The zero-order valence-electron chi connectivity index (χ0n) is 10.4. The Bertz CT molecular complexity index is 371. The van der Waals surface area contributed by atoms with Crippen molar-refractivity contribution in [3.8, 4) is 11.5 Å². The highest BCUT2D eigenvalue weighted by molar-refractivity contribution is 7.55. The van der Waals surface area contributed by atoms with E-state index in [0.717, 1.165) is 0 Å². The fraction of sp³-hybridized carbons (Fsp3) is 0.500. The summed E-state index contributed by atoms with van der Waals surface area (Å²) in [6.45, 7) is 5.83. The van der Waals surface area contributed by atoms with Gasteiger partial charge in [0.2, 0.25) is 0 Å². The van der Waals surface area contributed by atoms with Gasteiger partial charge in [0.15, 0.2) is 16.7 Å². The van der Waals surface area contributed by atoms with Crippen molar-refractivity contribution in [1.29, 1.82) is 0 Å². The van der Waals surface area contributed by atoms with Gasteiger partial charge in [-0.1, -0.05) is 10.6 Å². The third-order valence-electron chi connectivity index (χ3n) is 2.21. The van der Waals surface area contributed by atoms with Crippen LogP contribution in [-0.2, 0) is 4.57 Å². The van der Waals surface area contributed by atoms with Crippen LogP contribution in [0.2, 0.25) is 0 Å². The highest BCUT2D eigenvalue weighted by atomic mass is 31.1. The Labute approximate surface area is 97.6 Å². The molecule has 0 heterocycles. The minimum atomic E-state index is -1.57. The van der Waals surface area contributed by atoms with Gasteiger partial charge in [-0.15, -0.1) is 0 Å². The lowest BCUT2D eigenvalue weighted by Crippen LogP contribution is -2.17. The quantitative estimate of drug-likeness (QED) is 0.763. The predicted molar refractivity (Wildman–Crippen MR) is 66.5 cm³/mol. The molecule has 0 aromatic heterocycles. The Morgan fingerprint density at radius 3 is 1.81 bits per heavy atom. The molecule has 0 N–H and O–H groups in total. The van der Waals surface area contributed by atoms with Gasteiger partial charge < -0.3 is 9.47 Å². The van der Waals surface area contributed by atoms with Crippen LogP contribution >= 0.6 is 7.80 Å². The molecule has 0 saturated carbocycles. The molecule has 1 unspecified atom stereocenters. The molecule has 0 aliphatic carbocycles. The molecule has 0 bridgehead atoms. The molecule has 0 spiro atoms. The van der Waals surface area contributed by atoms with Crippen LogP contribution in [-0.4, -0.2) is 19.4 Å². The third kappa shape index (κ3) is 2.53. The molecule has 16 heavy (non-hydrogen) atoms. The Morgan fingerprint density at radius 2 is 1.50 bits per heavy atom. The van der Waals surface area contributed by atoms with Crippen LogP contribution in [0.4, 0.5) is 0 Å². The second-order valence-electron chi connectivity index (χ2n) is 4.48. The topological polar surface area (TPSA) is 35.5 Å². The first-order chi connectivity index (χ1) is 7.41. The number of ether oxygens (including phenoxy) is 2. The molecule has 4 heteroatoms. The molecule has 0 radical (unpaired) electrons. The van der Waals surface area contributed by atoms with E-state index >= 15 is 0 Å². The van der Waals surface area contributed by atoms with Crippen LogP contribution in [0.5, 0.6) is 11.5 Å². The van der Waals surface area contributed by atoms with E-state index in [0.29, 0.717) is 16.8 Å². The Balaban J connectivity index is 3.34. The monoisotopic (exact) mass is 241 g/mol. The molecule has 0 amide bonds. The summed E-state index contributed by atoms with van der Waals surface area (Å²) >= 11 is 0. The maximum atomic E-state index is 12.4. The van der Waals surface area contributed by atoms with E-state index in [9.17, 15) is 4.57 Å². The summed E-state index contributed by atoms with van der Waals surface area (Å²) in [5, 5.41) is 0.354. The highest BCUT2D eigenvalue weighted by Crippen LogP contribution is 2.42. The largest absolute Gasteiger partial charge is 0.492 e. The van der Waals surface area contributed by atoms with E-state index in [4.69, 9.17) is 9.47 Å². The standard InChI is InChI=1S/C12H18O3P/c1-12(2,3)16(13)11-9(14-4)7-6-8-10(11)15-5/h6-8H,1-5H3/q+1. The molecule has 0 aliphatic rings. The summed E-state index contributed by atoms with van der Waals surface area (Å²) in [6, 6.07) is 5.43. The van der Waals surface area contributed by atoms with Gasteiger partial charge in [0.05, 0.1) is 14.2 Å². The van der Waals surface area contributed by atoms with E-state index in [2.05, 4.69) is 0 Å². The first-order valence-corrected chi connectivity index (χ1v) is 6.36. The number of hydrogen-bond acceptors (Lipinski definition) is 3. The van der Waals surface area contributed by atoms with Gasteiger partial charge in [-0.05, 0) is 32.9 Å². The molecular formula is C12H18O3P+. The van der Waals surface area contributed by atoms with Crippen LogP contribution in [0.1, 0.15) is 20.8 Å². The van der Waals surface area contributed by atoms with E-state index in [1.807, 2.05) is 26.8 Å². The van der Waals surface area contributed by atoms with Crippen LogP contribution in [0, 0.1) is 0 Å². The number of benzene rings is 1. The van der Waals surface area contributed by atoms with Gasteiger partial charge in [-0.3, -0.25) is 0 Å². The Morgan fingerprint density at radius 1 is 1.06 bits per heavy atom. The summed E-state index contributed by atoms with van der Waals surface area (Å²) in [5.74, 6) is 1.24. The van der Waals surface area contributed by atoms with E-state index in [-0.39, 0.29) is 5.16 Å². The van der Waals surface area contributed by atoms with E-state index < -0.39 is 7.80 Å². The van der Waals surface area contributed by atoms with Crippen molar-refractivity contribution in [2.45, 2.75) is 25.9 Å². The summed E-state index contributed by atoms with van der Waals surface area (Å²) in [5.41, 5.74) is 0. The first kappa shape index (κ1) is 13.0. The molecule has 1 aromatic carbocycles. The van der Waals surface area contributed by atoms with Gasteiger partial charge in [-0.2, -0.15) is 0 Å². The average Bonchev–Trinajstić information content (AvgIpc) is 2.25. The Kier molecular flexibility index (Phi) is 3.93. The number of rotatable bonds is 3. The number of hydrogen-bond donors (Lipinski definition) is 0. The maximum absolute atomic E-state index is 12.4. The normalized spacial score (nSPS) is 12.2. The molecule has 1 atom stereocenters. The summed E-state index contributed by atoms with van der Waals surface area (Å²) in [6.07, 6.45) is 0. The minimum Gasteiger partial charge on any atom is -0.492 e. The molecule has 0 aliphatic heterocycles. The van der Waals surface area contributed by atoms with Crippen LogP contribution in [0.25, 0.3) is 0 Å². The fourth-order valence-corrected chi connectivity index (χ4v) is 2.77. The summed E-state index contributed by atoms with van der Waals surface area (Å²) in [7, 11) is 1.58. The third-order valence-corrected chi connectivity index (χ3v) is 4.28. The van der Waals surface area contributed by atoms with Gasteiger partial charge >= 0.3 is 7.80 Å². The summed E-state index contributed by atoms with van der Waals surface area (Å²) in [4.78, 5) is 0. The summed E-state index contributed by atoms with van der Waals surface area (Å²) < 4.78 is 22.9. The zero-order chi connectivity index (χ0) is 12.3. The molecule has 3 nitrogen and oxygen atoms in total. The fourth-order valence-electron chi connectivity index (χ4n) is 1.37. The zero-order valence-corrected chi connectivity index (χ0v) is 11.3. The van der Waals surface area contributed by atoms with Gasteiger partial charge in [0, 0.05) is 0 Å². The SMILES string of the molecule is COc1cccc(OC)c1[P+](=O)C(C)(C)C. The van der Waals surface area contributed by atoms with Crippen LogP contribution in [0.15, 0.2) is 18.2 Å². The molecule has 1 aromatic rings. The van der Waals surface area contributed by atoms with Crippen molar-refractivity contribution in [2.24, 2.45) is 0 Å². The van der Waals surface area contributed by atoms with Crippen molar-refractivity contribution < 1.29 is 14.0 Å². The van der Waals surface area contributed by atoms with Crippen molar-refractivity contribution in [1.82, 2.24) is 0 Å². The number of methoxy groups -OCH3 is 2. The molecular weight excluding hydrogens is 223 g/mol. The van der Waals surface area contributed by atoms with E-state index in [1.165, 1.54) is 0 Å². The average molecular weight is 241 g/mol. The van der Waals surface area contributed by atoms with Crippen LogP contribution in [0.3, 0.4) is 0 Å². The van der Waals surface area contributed by atoms with Crippen molar-refractivity contribution in [3.05, 3.63) is 18.2 Å². The van der Waals surface area contributed by atoms with Gasteiger partial charge in [0.1, 0.15) is 0 Å². The van der Waals surface area contributed by atoms with Gasteiger partial charge in [0.25, 0.3) is 5.30 Å². The first-order valence-electron chi connectivity index (χ1n) is 5.10. The van der Waals surface area contributed by atoms with Gasteiger partial charge in [-0.25, -0.2) is 0 Å². The smallest absolute Gasteiger partial charge is 0.390 e. The second kappa shape index (κ2) is 4.84. The van der Waals surface area contributed by atoms with Crippen LogP contribution < -0.4 is 14.8 Å². The lowest BCUT2D eigenvalue weighted by atomic mass is 10.3. The van der Waals surface area contributed by atoms with Crippen molar-refractivity contribution in [3.63, 3.8) is 0 Å². The second-order valence-corrected chi connectivity index (χ2v) is 6.85. The molecule has 0 fully saturated rings. The Hall–Kier alpha value is -1.08. The van der Waals surface area contributed by atoms with Crippen molar-refractivity contribution in [2.75, 3.05) is 14.2 Å². The van der Waals surface area contributed by atoms with Crippen molar-refractivity contribution >= 4 is 13.1 Å².